The Labute approximate surface area is 264 Å². The Morgan fingerprint density at radius 1 is 0.795 bits per heavy atom. The van der Waals surface area contributed by atoms with E-state index >= 15 is 0 Å². The van der Waals surface area contributed by atoms with E-state index in [1.165, 1.54) is 37.7 Å². The Hall–Kier alpha value is -3.37. The molecule has 0 aliphatic rings. The third-order valence-electron chi connectivity index (χ3n) is 6.20. The van der Waals surface area contributed by atoms with Crippen molar-refractivity contribution in [3.8, 4) is 33.4 Å². The summed E-state index contributed by atoms with van der Waals surface area (Å²) in [6.07, 6.45) is 0. The maximum atomic E-state index is 13.3. The van der Waals surface area contributed by atoms with Crippen molar-refractivity contribution in [2.24, 2.45) is 0 Å². The molecule has 1 aromatic heterocycles. The van der Waals surface area contributed by atoms with Gasteiger partial charge in [-0.1, -0.05) is 0 Å². The van der Waals surface area contributed by atoms with Crippen molar-refractivity contribution in [2.45, 2.75) is 12.4 Å². The average molecular weight is 759 g/mol. The molecule has 7 nitrogen and oxygen atoms in total. The zero-order valence-electron chi connectivity index (χ0n) is 23.6. The first-order valence-corrected chi connectivity index (χ1v) is 18.1. The number of alkyl halides is 3. The minimum atomic E-state index is -5.84. The maximum absolute atomic E-state index is 13.3. The molecular weight excluding hydrogens is 732 g/mol. The third-order valence-corrected chi connectivity index (χ3v) is 14.3. The summed E-state index contributed by atoms with van der Waals surface area (Å²) in [5.41, 5.74) is -2.94. The Morgan fingerprint density at radius 3 is 1.98 bits per heavy atom. The zero-order valence-corrected chi connectivity index (χ0v) is 27.3. The van der Waals surface area contributed by atoms with E-state index in [4.69, 9.17) is 21.5 Å². The van der Waals surface area contributed by atoms with Crippen molar-refractivity contribution in [1.82, 2.24) is 0 Å². The summed E-state index contributed by atoms with van der Waals surface area (Å²) in [5, 5.41) is 1.55. The van der Waals surface area contributed by atoms with E-state index in [1.807, 2.05) is 19.1 Å². The van der Waals surface area contributed by atoms with Crippen molar-refractivity contribution in [2.75, 3.05) is 21.0 Å². The number of benzene rings is 4. The normalized spacial score (nSPS) is 12.3. The predicted molar refractivity (Wildman–Crippen MR) is 171 cm³/mol. The van der Waals surface area contributed by atoms with Crippen LogP contribution in [-0.2, 0) is 17.4 Å². The van der Waals surface area contributed by atoms with Crippen LogP contribution in [0, 0.1) is 14.1 Å². The first kappa shape index (κ1) is 32.0. The fourth-order valence-electron chi connectivity index (χ4n) is 4.10. The Morgan fingerprint density at radius 2 is 1.39 bits per heavy atom. The van der Waals surface area contributed by atoms with Gasteiger partial charge in [0.1, 0.15) is 0 Å². The third kappa shape index (κ3) is 7.12. The van der Waals surface area contributed by atoms with Crippen molar-refractivity contribution >= 4 is 51.8 Å². The molecule has 0 aliphatic heterocycles. The SMILES string of the molecule is COCOc1ccc(Oc2sc3cc(C)ccc3c2-c2ccc(I(OS(=O)(=O)C(F)(F)F)c3ccc(OC)cc3)cc2)cc1. The molecule has 0 fully saturated rings. The topological polar surface area (TPSA) is 80.3 Å². The summed E-state index contributed by atoms with van der Waals surface area (Å²) < 4.78 is 92.7. The van der Waals surface area contributed by atoms with Gasteiger partial charge in [0.2, 0.25) is 0 Å². The van der Waals surface area contributed by atoms with Crippen LogP contribution in [0.4, 0.5) is 13.2 Å². The van der Waals surface area contributed by atoms with Crippen LogP contribution in [0.3, 0.4) is 0 Å². The van der Waals surface area contributed by atoms with Gasteiger partial charge in [-0.25, -0.2) is 0 Å². The average Bonchev–Trinajstić information content (AvgIpc) is 3.35. The zero-order chi connectivity index (χ0) is 31.5. The van der Waals surface area contributed by atoms with Crippen molar-refractivity contribution in [3.05, 3.63) is 104 Å². The molecule has 0 atom stereocenters. The van der Waals surface area contributed by atoms with Crippen LogP contribution in [0.2, 0.25) is 0 Å². The molecule has 0 spiro atoms. The van der Waals surface area contributed by atoms with Crippen molar-refractivity contribution in [3.63, 3.8) is 0 Å². The molecule has 0 unspecified atom stereocenters. The van der Waals surface area contributed by atoms with E-state index in [9.17, 15) is 21.6 Å². The van der Waals surface area contributed by atoms with Gasteiger partial charge in [0, 0.05) is 7.11 Å². The molecule has 1 heterocycles. The Kier molecular flexibility index (Phi) is 9.70. The molecular formula is C31H26F3IO7S2. The minimum absolute atomic E-state index is 0.117. The number of hydrogen-bond donors (Lipinski definition) is 0. The molecule has 0 saturated carbocycles. The summed E-state index contributed by atoms with van der Waals surface area (Å²) in [5.74, 6) is 1.67. The van der Waals surface area contributed by atoms with Crippen LogP contribution in [0.1, 0.15) is 5.56 Å². The number of methoxy groups -OCH3 is 2. The van der Waals surface area contributed by atoms with Gasteiger partial charge in [-0.15, -0.1) is 0 Å². The fourth-order valence-corrected chi connectivity index (χ4v) is 11.7. The quantitative estimate of drug-likeness (QED) is 0.0756. The molecule has 0 aliphatic carbocycles. The predicted octanol–water partition coefficient (Wildman–Crippen LogP) is 8.99. The summed E-state index contributed by atoms with van der Waals surface area (Å²) in [4.78, 5) is 0. The number of ether oxygens (including phenoxy) is 4. The van der Waals surface area contributed by atoms with Crippen molar-refractivity contribution in [1.29, 1.82) is 0 Å². The molecule has 5 rings (SSSR count). The fraction of sp³-hybridized carbons (Fsp3) is 0.161. The standard InChI is InChI=1S/C31H26F3IO7S2/c1-20-4-17-27-28(18-20)43-30(41-26-15-13-25(14-16-26)40-19-38-2)29(27)21-5-7-22(8-6-21)35(42-44(36,37)31(32,33)34)23-9-11-24(39-3)12-10-23/h4-18H,19H2,1-3H3. The molecule has 232 valence electrons. The molecule has 44 heavy (non-hydrogen) atoms. The number of fused-ring (bicyclic) bond motifs is 1. The van der Waals surface area contributed by atoms with Crippen LogP contribution in [0.25, 0.3) is 21.2 Å². The second-order valence-corrected chi connectivity index (χ2v) is 16.8. The number of rotatable bonds is 11. The number of aryl methyl sites for hydroxylation is 1. The van der Waals surface area contributed by atoms with Crippen LogP contribution in [-0.4, -0.2) is 34.9 Å². The second-order valence-electron chi connectivity index (χ2n) is 9.27. The second kappa shape index (κ2) is 13.3. The molecule has 0 N–H and O–H groups in total. The summed E-state index contributed by atoms with van der Waals surface area (Å²) >= 11 is -2.13. The van der Waals surface area contributed by atoms with Crippen LogP contribution in [0.5, 0.6) is 22.3 Å². The van der Waals surface area contributed by atoms with E-state index in [0.717, 1.165) is 26.8 Å². The van der Waals surface area contributed by atoms with Gasteiger partial charge in [0.05, 0.1) is 0 Å². The summed E-state index contributed by atoms with van der Waals surface area (Å²) in [6, 6.07) is 26.0. The Bertz CT molecular complexity index is 1840. The molecule has 5 aromatic rings. The van der Waals surface area contributed by atoms with Gasteiger partial charge >= 0.3 is 247 Å². The van der Waals surface area contributed by atoms with E-state index in [-0.39, 0.29) is 6.79 Å². The van der Waals surface area contributed by atoms with E-state index < -0.39 is 35.9 Å². The number of hydrogen-bond acceptors (Lipinski definition) is 8. The molecule has 0 saturated heterocycles. The first-order valence-electron chi connectivity index (χ1n) is 12.9. The van der Waals surface area contributed by atoms with E-state index in [0.29, 0.717) is 29.5 Å². The van der Waals surface area contributed by atoms with E-state index in [2.05, 4.69) is 6.07 Å². The molecule has 0 amide bonds. The molecule has 13 heteroatoms. The van der Waals surface area contributed by atoms with Gasteiger partial charge in [-0.2, -0.15) is 0 Å². The summed E-state index contributed by atoms with van der Waals surface area (Å²) in [6.45, 7) is 2.11. The summed E-state index contributed by atoms with van der Waals surface area (Å²) in [7, 11) is -2.85. The van der Waals surface area contributed by atoms with Gasteiger partial charge in [-0.3, -0.25) is 0 Å². The first-order chi connectivity index (χ1) is 21.0. The van der Waals surface area contributed by atoms with Crippen molar-refractivity contribution < 1.29 is 43.0 Å². The van der Waals surface area contributed by atoms with Gasteiger partial charge < -0.3 is 4.74 Å². The molecule has 0 radical (unpaired) electrons. The van der Waals surface area contributed by atoms with Crippen LogP contribution in [0.15, 0.2) is 91.0 Å². The van der Waals surface area contributed by atoms with E-state index in [1.54, 1.807) is 60.7 Å². The van der Waals surface area contributed by atoms with Gasteiger partial charge in [0.15, 0.2) is 6.79 Å². The van der Waals surface area contributed by atoms with Gasteiger partial charge in [-0.05, 0) is 0 Å². The Balaban J connectivity index is 1.53. The number of thiophene rings is 1. The monoisotopic (exact) mass is 758 g/mol. The number of halogens is 4. The van der Waals surface area contributed by atoms with Crippen LogP contribution >= 0.6 is 31.6 Å². The molecule has 4 aromatic carbocycles. The molecule has 0 bridgehead atoms. The van der Waals surface area contributed by atoms with Gasteiger partial charge in [0.25, 0.3) is 0 Å². The van der Waals surface area contributed by atoms with Crippen LogP contribution < -0.4 is 14.2 Å².